The van der Waals surface area contributed by atoms with Crippen molar-refractivity contribution in [3.8, 4) is 11.3 Å². The van der Waals surface area contributed by atoms with Crippen LogP contribution in [0.15, 0.2) is 12.4 Å². The summed E-state index contributed by atoms with van der Waals surface area (Å²) in [6.45, 7) is 0.0903. The van der Waals surface area contributed by atoms with Crippen LogP contribution in [0.3, 0.4) is 0 Å². The first-order chi connectivity index (χ1) is 9.81. The van der Waals surface area contributed by atoms with Gasteiger partial charge in [-0.3, -0.25) is 4.68 Å². The molecule has 0 unspecified atom stereocenters. The number of hydrogen-bond donors (Lipinski definition) is 0. The van der Waals surface area contributed by atoms with Crippen molar-refractivity contribution in [1.82, 2.24) is 24.8 Å². The van der Waals surface area contributed by atoms with E-state index in [1.807, 2.05) is 0 Å². The second kappa shape index (κ2) is 5.64. The van der Waals surface area contributed by atoms with Gasteiger partial charge in [-0.05, 0) is 0 Å². The average molecular weight is 313 g/mol. The van der Waals surface area contributed by atoms with E-state index in [1.165, 1.54) is 11.8 Å². The van der Waals surface area contributed by atoms with Crippen molar-refractivity contribution < 1.29 is 17.9 Å². The lowest BCUT2D eigenvalue weighted by atomic mass is 10.2. The van der Waals surface area contributed by atoms with Gasteiger partial charge in [-0.1, -0.05) is 5.21 Å². The van der Waals surface area contributed by atoms with Gasteiger partial charge in [-0.15, -0.1) is 5.10 Å². The molecule has 0 aliphatic heterocycles. The molecule has 9 nitrogen and oxygen atoms in total. The number of rotatable bonds is 5. The number of aryl methyl sites for hydroxylation is 2. The lowest BCUT2D eigenvalue weighted by molar-refractivity contribution is 0.0595. The summed E-state index contributed by atoms with van der Waals surface area (Å²) < 4.78 is 30.2. The highest BCUT2D eigenvalue weighted by Crippen LogP contribution is 2.22. The number of carbonyl (C=O) groups is 1. The van der Waals surface area contributed by atoms with Crippen LogP contribution in [-0.2, 0) is 28.2 Å². The highest BCUT2D eigenvalue weighted by atomic mass is 32.2. The van der Waals surface area contributed by atoms with Gasteiger partial charge in [0.2, 0.25) is 0 Å². The molecule has 21 heavy (non-hydrogen) atoms. The molecule has 2 aromatic heterocycles. The molecule has 0 atom stereocenters. The number of carbonyl (C=O) groups excluding carboxylic acids is 1. The number of aromatic nitrogens is 5. The predicted octanol–water partition coefficient (Wildman–Crippen LogP) is -0.490. The number of methoxy groups -OCH3 is 1. The normalized spacial score (nSPS) is 11.6. The molecule has 0 saturated heterocycles. The maximum atomic E-state index is 11.7. The Labute approximate surface area is 121 Å². The summed E-state index contributed by atoms with van der Waals surface area (Å²) in [7, 11) is -0.189. The Kier molecular flexibility index (Phi) is 4.07. The van der Waals surface area contributed by atoms with E-state index in [9.17, 15) is 13.2 Å². The minimum absolute atomic E-state index is 0.0269. The van der Waals surface area contributed by atoms with Gasteiger partial charge in [0.25, 0.3) is 0 Å². The molecular formula is C11H15N5O4S. The highest BCUT2D eigenvalue weighted by Gasteiger charge is 2.23. The molecule has 0 fully saturated rings. The molecule has 0 saturated carbocycles. The SMILES string of the molecule is COC(=O)c1nnn(CCS(C)(=O)=O)c1-c1cnn(C)c1. The van der Waals surface area contributed by atoms with Crippen LogP contribution in [-0.4, -0.2) is 58.3 Å². The minimum atomic E-state index is -3.16. The first kappa shape index (κ1) is 15.2. The number of esters is 1. The zero-order valence-corrected chi connectivity index (χ0v) is 12.7. The molecule has 0 aliphatic rings. The van der Waals surface area contributed by atoms with E-state index in [2.05, 4.69) is 20.1 Å². The van der Waals surface area contributed by atoms with Gasteiger partial charge in [-0.25, -0.2) is 17.9 Å². The van der Waals surface area contributed by atoms with Gasteiger partial charge in [0.05, 0.1) is 25.6 Å². The summed E-state index contributed by atoms with van der Waals surface area (Å²) in [4.78, 5) is 11.7. The molecule has 114 valence electrons. The van der Waals surface area contributed by atoms with Crippen molar-refractivity contribution in [1.29, 1.82) is 0 Å². The Hall–Kier alpha value is -2.23. The fourth-order valence-electron chi connectivity index (χ4n) is 1.79. The van der Waals surface area contributed by atoms with E-state index in [4.69, 9.17) is 0 Å². The third-order valence-electron chi connectivity index (χ3n) is 2.77. The van der Waals surface area contributed by atoms with Crippen LogP contribution in [0.2, 0.25) is 0 Å². The van der Waals surface area contributed by atoms with Gasteiger partial charge in [0.15, 0.2) is 5.69 Å². The summed E-state index contributed by atoms with van der Waals surface area (Å²) in [5, 5.41) is 11.6. The second-order valence-electron chi connectivity index (χ2n) is 4.53. The standard InChI is InChI=1S/C11H15N5O4S/c1-15-7-8(6-12-15)10-9(11(17)20-2)13-14-16(10)4-5-21(3,18)19/h6-7H,4-5H2,1-3H3. The molecule has 0 spiro atoms. The van der Waals surface area contributed by atoms with Gasteiger partial charge in [0.1, 0.15) is 15.5 Å². The van der Waals surface area contributed by atoms with Crippen LogP contribution < -0.4 is 0 Å². The maximum absolute atomic E-state index is 11.7. The van der Waals surface area contributed by atoms with Crippen LogP contribution in [0.5, 0.6) is 0 Å². The van der Waals surface area contributed by atoms with Crippen LogP contribution in [0.25, 0.3) is 11.3 Å². The molecule has 10 heteroatoms. The third-order valence-corrected chi connectivity index (χ3v) is 3.69. The van der Waals surface area contributed by atoms with Crippen molar-refractivity contribution in [2.45, 2.75) is 6.54 Å². The Bertz CT molecular complexity index is 761. The van der Waals surface area contributed by atoms with E-state index in [-0.39, 0.29) is 18.0 Å². The lowest BCUT2D eigenvalue weighted by Crippen LogP contribution is -2.13. The second-order valence-corrected chi connectivity index (χ2v) is 6.79. The topological polar surface area (TPSA) is 109 Å². The van der Waals surface area contributed by atoms with E-state index in [0.717, 1.165) is 6.26 Å². The number of sulfone groups is 1. The smallest absolute Gasteiger partial charge is 0.360 e. The molecule has 0 aliphatic carbocycles. The molecule has 2 aromatic rings. The predicted molar refractivity (Wildman–Crippen MR) is 73.3 cm³/mol. The quantitative estimate of drug-likeness (QED) is 0.685. The van der Waals surface area contributed by atoms with Crippen molar-refractivity contribution in [2.75, 3.05) is 19.1 Å². The summed E-state index contributed by atoms with van der Waals surface area (Å²) in [5.74, 6) is -0.746. The maximum Gasteiger partial charge on any atom is 0.360 e. The number of ether oxygens (including phenoxy) is 1. The Morgan fingerprint density at radius 3 is 2.67 bits per heavy atom. The van der Waals surface area contributed by atoms with E-state index in [0.29, 0.717) is 11.3 Å². The molecule has 2 heterocycles. The van der Waals surface area contributed by atoms with Crippen LogP contribution in [0.1, 0.15) is 10.5 Å². The van der Waals surface area contributed by atoms with Crippen molar-refractivity contribution in [2.24, 2.45) is 7.05 Å². The highest BCUT2D eigenvalue weighted by molar-refractivity contribution is 7.90. The zero-order valence-electron chi connectivity index (χ0n) is 11.8. The van der Waals surface area contributed by atoms with E-state index < -0.39 is 15.8 Å². The summed E-state index contributed by atoms with van der Waals surface area (Å²) in [5.41, 5.74) is 1.02. The van der Waals surface area contributed by atoms with E-state index in [1.54, 1.807) is 24.1 Å². The Balaban J connectivity index is 2.46. The monoisotopic (exact) mass is 313 g/mol. The van der Waals surface area contributed by atoms with E-state index >= 15 is 0 Å². The largest absolute Gasteiger partial charge is 0.464 e. The fourth-order valence-corrected chi connectivity index (χ4v) is 2.29. The molecule has 2 rings (SSSR count). The number of nitrogens with zero attached hydrogens (tertiary/aromatic N) is 5. The van der Waals surface area contributed by atoms with Crippen molar-refractivity contribution in [3.05, 3.63) is 18.1 Å². The van der Waals surface area contributed by atoms with Crippen LogP contribution >= 0.6 is 0 Å². The first-order valence-corrected chi connectivity index (χ1v) is 8.06. The van der Waals surface area contributed by atoms with Crippen LogP contribution in [0, 0.1) is 0 Å². The lowest BCUT2D eigenvalue weighted by Gasteiger charge is -2.05. The summed E-state index contributed by atoms with van der Waals surface area (Å²) in [6, 6.07) is 0. The summed E-state index contributed by atoms with van der Waals surface area (Å²) in [6.07, 6.45) is 4.36. The third kappa shape index (κ3) is 3.45. The van der Waals surface area contributed by atoms with Gasteiger partial charge in [0, 0.05) is 25.1 Å². The molecular weight excluding hydrogens is 298 g/mol. The minimum Gasteiger partial charge on any atom is -0.464 e. The molecule has 0 amide bonds. The van der Waals surface area contributed by atoms with Gasteiger partial charge < -0.3 is 4.74 Å². The van der Waals surface area contributed by atoms with Gasteiger partial charge >= 0.3 is 5.97 Å². The molecule has 0 radical (unpaired) electrons. The Morgan fingerprint density at radius 2 is 2.14 bits per heavy atom. The zero-order chi connectivity index (χ0) is 15.6. The average Bonchev–Trinajstić information content (AvgIpc) is 3.00. The molecule has 0 N–H and O–H groups in total. The van der Waals surface area contributed by atoms with Crippen LogP contribution in [0.4, 0.5) is 0 Å². The molecule has 0 aromatic carbocycles. The fraction of sp³-hybridized carbons (Fsp3) is 0.455. The Morgan fingerprint density at radius 1 is 1.43 bits per heavy atom. The first-order valence-electron chi connectivity index (χ1n) is 6.00. The van der Waals surface area contributed by atoms with Crippen molar-refractivity contribution in [3.63, 3.8) is 0 Å². The number of hydrogen-bond acceptors (Lipinski definition) is 7. The van der Waals surface area contributed by atoms with Gasteiger partial charge in [-0.2, -0.15) is 5.10 Å². The molecule has 0 bridgehead atoms. The summed E-state index contributed by atoms with van der Waals surface area (Å²) >= 11 is 0. The van der Waals surface area contributed by atoms with Crippen molar-refractivity contribution >= 4 is 15.8 Å².